The lowest BCUT2D eigenvalue weighted by Crippen LogP contribution is -1.89. The van der Waals surface area contributed by atoms with Crippen LogP contribution in [0, 0.1) is 27.7 Å². The summed E-state index contributed by atoms with van der Waals surface area (Å²) in [5, 5.41) is 0. The summed E-state index contributed by atoms with van der Waals surface area (Å²) in [5.74, 6) is 0. The summed E-state index contributed by atoms with van der Waals surface area (Å²) in [7, 11) is 0. The fourth-order valence-corrected chi connectivity index (χ4v) is 2.85. The van der Waals surface area contributed by atoms with Crippen LogP contribution in [-0.4, -0.2) is 0 Å². The van der Waals surface area contributed by atoms with Gasteiger partial charge in [-0.25, -0.2) is 0 Å². The smallest absolute Gasteiger partial charge is 0.00132 e. The van der Waals surface area contributed by atoms with Gasteiger partial charge in [0, 0.05) is 0 Å². The predicted molar refractivity (Wildman–Crippen MR) is 73.6 cm³/mol. The fraction of sp³-hybridized carbons (Fsp3) is 0.294. The summed E-state index contributed by atoms with van der Waals surface area (Å²) in [6.45, 7) is 8.86. The molecule has 0 fully saturated rings. The van der Waals surface area contributed by atoms with Crippen LogP contribution < -0.4 is 0 Å². The average molecular weight is 222 g/mol. The van der Waals surface area contributed by atoms with Crippen molar-refractivity contribution in [2.45, 2.75) is 34.1 Å². The Morgan fingerprint density at radius 3 is 2.24 bits per heavy atom. The van der Waals surface area contributed by atoms with E-state index in [1.807, 2.05) is 0 Å². The molecule has 86 valence electrons. The van der Waals surface area contributed by atoms with Crippen LogP contribution in [0.2, 0.25) is 0 Å². The summed E-state index contributed by atoms with van der Waals surface area (Å²) in [6.07, 6.45) is 1.10. The van der Waals surface area contributed by atoms with Crippen LogP contribution in [0.3, 0.4) is 0 Å². The molecule has 0 aromatic heterocycles. The second-order valence-corrected chi connectivity index (χ2v) is 5.31. The van der Waals surface area contributed by atoms with Gasteiger partial charge in [-0.05, 0) is 78.6 Å². The molecule has 1 aliphatic carbocycles. The first-order valence-electron chi connectivity index (χ1n) is 6.27. The van der Waals surface area contributed by atoms with E-state index >= 15 is 0 Å². The molecule has 0 saturated carbocycles. The van der Waals surface area contributed by atoms with Crippen LogP contribution in [0.1, 0.15) is 33.4 Å². The van der Waals surface area contributed by atoms with E-state index in [9.17, 15) is 0 Å². The van der Waals surface area contributed by atoms with Gasteiger partial charge in [0.15, 0.2) is 0 Å². The molecule has 17 heavy (non-hydrogen) atoms. The number of aryl methyl sites for hydroxylation is 3. The monoisotopic (exact) mass is 222 g/mol. The van der Waals surface area contributed by atoms with E-state index in [1.165, 1.54) is 44.5 Å². The van der Waals surface area contributed by atoms with Gasteiger partial charge in [-0.3, -0.25) is 0 Å². The van der Waals surface area contributed by atoms with Crippen molar-refractivity contribution < 1.29 is 0 Å². The van der Waals surface area contributed by atoms with Crippen molar-refractivity contribution in [2.24, 2.45) is 0 Å². The van der Waals surface area contributed by atoms with Crippen molar-refractivity contribution in [1.29, 1.82) is 0 Å². The van der Waals surface area contributed by atoms with Crippen LogP contribution >= 0.6 is 0 Å². The summed E-state index contributed by atoms with van der Waals surface area (Å²) < 4.78 is 0. The van der Waals surface area contributed by atoms with Crippen molar-refractivity contribution in [3.8, 4) is 11.1 Å². The molecule has 0 saturated heterocycles. The first-order valence-corrected chi connectivity index (χ1v) is 6.27. The molecule has 0 radical (unpaired) electrons. The van der Waals surface area contributed by atoms with Crippen molar-refractivity contribution in [2.75, 3.05) is 0 Å². The molecule has 0 N–H and O–H groups in total. The van der Waals surface area contributed by atoms with Gasteiger partial charge in [0.1, 0.15) is 0 Å². The Bertz CT molecular complexity index is 618. The second-order valence-electron chi connectivity index (χ2n) is 5.31. The Balaban J connectivity index is 2.33. The average Bonchev–Trinajstić information content (AvgIpc) is 2.63. The lowest BCUT2D eigenvalue weighted by Gasteiger charge is -2.10. The molecular formula is C17H18. The van der Waals surface area contributed by atoms with Crippen LogP contribution in [0.4, 0.5) is 0 Å². The summed E-state index contributed by atoms with van der Waals surface area (Å²) in [4.78, 5) is 0. The molecule has 1 aliphatic rings. The molecule has 3 rings (SSSR count). The summed E-state index contributed by atoms with van der Waals surface area (Å²) >= 11 is 0. The highest BCUT2D eigenvalue weighted by Crippen LogP contribution is 2.40. The highest BCUT2D eigenvalue weighted by atomic mass is 14.2. The van der Waals surface area contributed by atoms with Gasteiger partial charge in [-0.1, -0.05) is 24.3 Å². The lowest BCUT2D eigenvalue weighted by molar-refractivity contribution is 1.22. The quantitative estimate of drug-likeness (QED) is 0.525. The molecule has 2 aromatic carbocycles. The molecule has 0 heteroatoms. The van der Waals surface area contributed by atoms with Crippen molar-refractivity contribution in [1.82, 2.24) is 0 Å². The predicted octanol–water partition coefficient (Wildman–Crippen LogP) is 4.49. The molecular weight excluding hydrogens is 204 g/mol. The minimum atomic E-state index is 1.10. The van der Waals surface area contributed by atoms with Gasteiger partial charge in [0.25, 0.3) is 0 Å². The van der Waals surface area contributed by atoms with Gasteiger partial charge in [0.05, 0.1) is 0 Å². The molecule has 0 heterocycles. The molecule has 2 aromatic rings. The lowest BCUT2D eigenvalue weighted by atomic mass is 9.95. The van der Waals surface area contributed by atoms with Crippen molar-refractivity contribution in [3.05, 3.63) is 57.6 Å². The second kappa shape index (κ2) is 3.46. The van der Waals surface area contributed by atoms with E-state index in [0.717, 1.165) is 6.42 Å². The third-order valence-corrected chi connectivity index (χ3v) is 4.19. The van der Waals surface area contributed by atoms with Crippen molar-refractivity contribution in [3.63, 3.8) is 0 Å². The van der Waals surface area contributed by atoms with E-state index in [2.05, 4.69) is 52.0 Å². The van der Waals surface area contributed by atoms with E-state index in [-0.39, 0.29) is 0 Å². The third-order valence-electron chi connectivity index (χ3n) is 4.19. The number of fused-ring (bicyclic) bond motifs is 3. The molecule has 0 bridgehead atoms. The maximum absolute atomic E-state index is 2.36. The van der Waals surface area contributed by atoms with E-state index in [0.29, 0.717) is 0 Å². The number of hydrogen-bond donors (Lipinski definition) is 0. The maximum atomic E-state index is 2.36. The van der Waals surface area contributed by atoms with Crippen LogP contribution in [0.15, 0.2) is 24.3 Å². The van der Waals surface area contributed by atoms with E-state index in [4.69, 9.17) is 0 Å². The Morgan fingerprint density at radius 1 is 0.765 bits per heavy atom. The molecule has 0 atom stereocenters. The van der Waals surface area contributed by atoms with Gasteiger partial charge in [-0.15, -0.1) is 0 Å². The van der Waals surface area contributed by atoms with Gasteiger partial charge in [0.2, 0.25) is 0 Å². The van der Waals surface area contributed by atoms with Gasteiger partial charge >= 0.3 is 0 Å². The van der Waals surface area contributed by atoms with Crippen LogP contribution in [-0.2, 0) is 6.42 Å². The highest BCUT2D eigenvalue weighted by Gasteiger charge is 2.21. The number of rotatable bonds is 0. The third kappa shape index (κ3) is 1.44. The van der Waals surface area contributed by atoms with Crippen LogP contribution in [0.25, 0.3) is 11.1 Å². The fourth-order valence-electron chi connectivity index (χ4n) is 2.85. The zero-order chi connectivity index (χ0) is 12.2. The summed E-state index contributed by atoms with van der Waals surface area (Å²) in [5.41, 5.74) is 11.6. The van der Waals surface area contributed by atoms with E-state index in [1.54, 1.807) is 0 Å². The summed E-state index contributed by atoms with van der Waals surface area (Å²) in [6, 6.07) is 9.27. The van der Waals surface area contributed by atoms with E-state index < -0.39 is 0 Å². The normalized spacial score (nSPS) is 12.5. The first kappa shape index (κ1) is 10.6. The minimum absolute atomic E-state index is 1.10. The largest absolute Gasteiger partial charge is 0.0587 e. The molecule has 0 unspecified atom stereocenters. The Kier molecular flexibility index (Phi) is 2.16. The Hall–Kier alpha value is -1.56. The Labute approximate surface area is 103 Å². The number of hydrogen-bond acceptors (Lipinski definition) is 0. The maximum Gasteiger partial charge on any atom is -0.00132 e. The SMILES string of the molecule is Cc1cc2c(cc1C)-c1c(ccc(C)c1C)C2. The molecule has 0 spiro atoms. The van der Waals surface area contributed by atoms with Crippen LogP contribution in [0.5, 0.6) is 0 Å². The topological polar surface area (TPSA) is 0 Å². The zero-order valence-corrected chi connectivity index (χ0v) is 11.0. The van der Waals surface area contributed by atoms with Gasteiger partial charge in [-0.2, -0.15) is 0 Å². The molecule has 0 amide bonds. The van der Waals surface area contributed by atoms with Crippen molar-refractivity contribution >= 4 is 0 Å². The minimum Gasteiger partial charge on any atom is -0.0587 e. The number of benzene rings is 2. The van der Waals surface area contributed by atoms with Gasteiger partial charge < -0.3 is 0 Å². The highest BCUT2D eigenvalue weighted by molar-refractivity contribution is 5.81. The Morgan fingerprint density at radius 2 is 1.47 bits per heavy atom. The zero-order valence-electron chi connectivity index (χ0n) is 11.0. The standard InChI is InChI=1S/C17H18/c1-10-5-6-14-9-15-7-11(2)12(3)8-16(15)17(14)13(10)4/h5-8H,9H2,1-4H3. The molecule has 0 aliphatic heterocycles. The molecule has 0 nitrogen and oxygen atoms in total. The first-order chi connectivity index (χ1) is 8.08.